The molecule has 2 N–H and O–H groups in total. The Hall–Kier alpha value is -3.51. The lowest BCUT2D eigenvalue weighted by Gasteiger charge is -2.50. The highest BCUT2D eigenvalue weighted by molar-refractivity contribution is 6.07. The average Bonchev–Trinajstić information content (AvgIpc) is 2.99. The quantitative estimate of drug-likeness (QED) is 0.511. The molecule has 2 aliphatic rings. The van der Waals surface area contributed by atoms with Crippen LogP contribution in [0.2, 0.25) is 0 Å². The Morgan fingerprint density at radius 2 is 1.92 bits per heavy atom. The number of aromatic nitrogens is 1. The van der Waals surface area contributed by atoms with Crippen LogP contribution in [0.5, 0.6) is 0 Å². The first kappa shape index (κ1) is 25.2. The summed E-state index contributed by atoms with van der Waals surface area (Å²) < 4.78 is 0. The molecule has 6 heteroatoms. The first-order chi connectivity index (χ1) is 17.7. The second-order valence-electron chi connectivity index (χ2n) is 10.8. The number of nitrogens with zero attached hydrogens (tertiary/aromatic N) is 2. The minimum atomic E-state index is -0.722. The highest BCUT2D eigenvalue weighted by Gasteiger charge is 2.52. The van der Waals surface area contributed by atoms with Gasteiger partial charge in [-0.25, -0.2) is 0 Å². The first-order valence-electron chi connectivity index (χ1n) is 13.1. The molecule has 37 heavy (non-hydrogen) atoms. The van der Waals surface area contributed by atoms with Gasteiger partial charge in [-0.05, 0) is 80.3 Å². The van der Waals surface area contributed by atoms with Crippen molar-refractivity contribution in [3.05, 3.63) is 94.8 Å². The summed E-state index contributed by atoms with van der Waals surface area (Å²) >= 11 is 0. The molecule has 1 saturated carbocycles. The van der Waals surface area contributed by atoms with E-state index in [2.05, 4.69) is 34.6 Å². The summed E-state index contributed by atoms with van der Waals surface area (Å²) in [4.78, 5) is 32.9. The monoisotopic (exact) mass is 497 g/mol. The van der Waals surface area contributed by atoms with Crippen LogP contribution in [0.25, 0.3) is 0 Å². The number of carbonyl (C=O) groups is 2. The predicted molar refractivity (Wildman–Crippen MR) is 145 cm³/mol. The highest BCUT2D eigenvalue weighted by Crippen LogP contribution is 2.52. The van der Waals surface area contributed by atoms with Crippen LogP contribution in [0.3, 0.4) is 0 Å². The standard InChI is InChI=1S/C31H35N3O3/c1-4-30(37)14-15-31(18-22-9-6-5-7-10-22)24(19-30)20-34(3)29(36)25-17-23(12-13-26(25)31)28(35)33-27-11-8-16-32-21(27)2/h5-13,16-17,24,37H,4,14-15,18-20H2,1-3H3,(H,33,35)/t24-,30+,31-/m0/s1. The smallest absolute Gasteiger partial charge is 0.255 e. The maximum atomic E-state index is 13.7. The molecule has 1 fully saturated rings. The van der Waals surface area contributed by atoms with Crippen LogP contribution in [0, 0.1) is 12.8 Å². The van der Waals surface area contributed by atoms with Gasteiger partial charge in [-0.15, -0.1) is 0 Å². The topological polar surface area (TPSA) is 82.5 Å². The van der Waals surface area contributed by atoms with Gasteiger partial charge >= 0.3 is 0 Å². The van der Waals surface area contributed by atoms with Crippen molar-refractivity contribution < 1.29 is 14.7 Å². The molecule has 192 valence electrons. The van der Waals surface area contributed by atoms with Crippen molar-refractivity contribution in [2.75, 3.05) is 18.9 Å². The van der Waals surface area contributed by atoms with Crippen LogP contribution in [-0.2, 0) is 11.8 Å². The van der Waals surface area contributed by atoms with Crippen molar-refractivity contribution in [1.29, 1.82) is 0 Å². The van der Waals surface area contributed by atoms with Gasteiger partial charge in [0.05, 0.1) is 17.0 Å². The Bertz CT molecular complexity index is 1320. The fourth-order valence-electron chi connectivity index (χ4n) is 6.35. The molecule has 2 amide bonds. The zero-order valence-corrected chi connectivity index (χ0v) is 21.8. The van der Waals surface area contributed by atoms with E-state index in [0.29, 0.717) is 42.6 Å². The fourth-order valence-corrected chi connectivity index (χ4v) is 6.35. The van der Waals surface area contributed by atoms with E-state index in [-0.39, 0.29) is 23.1 Å². The lowest BCUT2D eigenvalue weighted by molar-refractivity contribution is -0.0515. The molecule has 2 heterocycles. The van der Waals surface area contributed by atoms with Crippen LogP contribution in [-0.4, -0.2) is 46.0 Å². The third kappa shape index (κ3) is 4.66. The number of hydrogen-bond donors (Lipinski definition) is 2. The molecule has 1 aromatic heterocycles. The van der Waals surface area contributed by atoms with Crippen LogP contribution in [0.4, 0.5) is 5.69 Å². The average molecular weight is 498 g/mol. The minimum absolute atomic E-state index is 0.0796. The number of rotatable bonds is 5. The van der Waals surface area contributed by atoms with Gasteiger partial charge in [-0.2, -0.15) is 0 Å². The molecule has 0 saturated heterocycles. The molecule has 1 aliphatic carbocycles. The summed E-state index contributed by atoms with van der Waals surface area (Å²) in [6.45, 7) is 4.46. The molecule has 6 nitrogen and oxygen atoms in total. The van der Waals surface area contributed by atoms with Gasteiger partial charge in [0, 0.05) is 36.3 Å². The van der Waals surface area contributed by atoms with Gasteiger partial charge in [-0.3, -0.25) is 14.6 Å². The molecular weight excluding hydrogens is 462 g/mol. The summed E-state index contributed by atoms with van der Waals surface area (Å²) in [6.07, 6.45) is 5.29. The van der Waals surface area contributed by atoms with Crippen LogP contribution >= 0.6 is 0 Å². The van der Waals surface area contributed by atoms with Crippen molar-refractivity contribution in [3.8, 4) is 0 Å². The Morgan fingerprint density at radius 1 is 1.14 bits per heavy atom. The second-order valence-corrected chi connectivity index (χ2v) is 10.8. The molecule has 0 unspecified atom stereocenters. The minimum Gasteiger partial charge on any atom is -0.390 e. The lowest BCUT2D eigenvalue weighted by Crippen LogP contribution is -2.51. The van der Waals surface area contributed by atoms with Gasteiger partial charge in [-0.1, -0.05) is 43.3 Å². The third-order valence-electron chi connectivity index (χ3n) is 8.61. The van der Waals surface area contributed by atoms with E-state index in [0.717, 1.165) is 24.1 Å². The first-order valence-corrected chi connectivity index (χ1v) is 13.1. The number of aryl methyl sites for hydroxylation is 1. The van der Waals surface area contributed by atoms with Crippen molar-refractivity contribution in [3.63, 3.8) is 0 Å². The van der Waals surface area contributed by atoms with Gasteiger partial charge in [0.25, 0.3) is 11.8 Å². The predicted octanol–water partition coefficient (Wildman–Crippen LogP) is 5.15. The summed E-state index contributed by atoms with van der Waals surface area (Å²) in [5, 5.41) is 14.2. The van der Waals surface area contributed by atoms with Gasteiger partial charge in [0.15, 0.2) is 0 Å². The number of fused-ring (bicyclic) bond motifs is 3. The van der Waals surface area contributed by atoms with E-state index >= 15 is 0 Å². The number of pyridine rings is 1. The zero-order chi connectivity index (χ0) is 26.2. The summed E-state index contributed by atoms with van der Waals surface area (Å²) in [5.41, 5.74) is 3.58. The fraction of sp³-hybridized carbons (Fsp3) is 0.387. The number of anilines is 1. The molecule has 3 atom stereocenters. The molecule has 1 aliphatic heterocycles. The Kier molecular flexibility index (Phi) is 6.63. The molecule has 0 bridgehead atoms. The largest absolute Gasteiger partial charge is 0.390 e. The van der Waals surface area contributed by atoms with Gasteiger partial charge in [0.1, 0.15) is 0 Å². The third-order valence-corrected chi connectivity index (χ3v) is 8.61. The van der Waals surface area contributed by atoms with Crippen LogP contribution in [0.1, 0.15) is 70.1 Å². The van der Waals surface area contributed by atoms with E-state index in [1.165, 1.54) is 5.56 Å². The molecule has 2 aromatic carbocycles. The molecule has 3 aromatic rings. The van der Waals surface area contributed by atoms with Crippen LogP contribution in [0.15, 0.2) is 66.9 Å². The van der Waals surface area contributed by atoms with Crippen molar-refractivity contribution in [1.82, 2.24) is 9.88 Å². The molecule has 0 radical (unpaired) electrons. The SMILES string of the molecule is CC[C@@]1(O)CC[C@@]2(Cc3ccccc3)c3ccc(C(=O)Nc4cccnc4C)cc3C(=O)N(C)C[C@@H]2C1. The Labute approximate surface area is 218 Å². The number of carbonyl (C=O) groups excluding carboxylic acids is 2. The van der Waals surface area contributed by atoms with Crippen molar-refractivity contribution >= 4 is 17.5 Å². The number of amides is 2. The summed E-state index contributed by atoms with van der Waals surface area (Å²) in [7, 11) is 1.83. The van der Waals surface area contributed by atoms with E-state index in [1.807, 2.05) is 45.2 Å². The summed E-state index contributed by atoms with van der Waals surface area (Å²) in [5.74, 6) is -0.250. The number of aliphatic hydroxyl groups is 1. The van der Waals surface area contributed by atoms with Crippen molar-refractivity contribution in [2.24, 2.45) is 5.92 Å². The molecular formula is C31H35N3O3. The highest BCUT2D eigenvalue weighted by atomic mass is 16.3. The Balaban J connectivity index is 1.60. The lowest BCUT2D eigenvalue weighted by atomic mass is 9.56. The van der Waals surface area contributed by atoms with Gasteiger partial charge < -0.3 is 15.3 Å². The summed E-state index contributed by atoms with van der Waals surface area (Å²) in [6, 6.07) is 19.6. The number of benzene rings is 2. The van der Waals surface area contributed by atoms with E-state index in [4.69, 9.17) is 0 Å². The molecule has 0 spiro atoms. The normalized spacial score (nSPS) is 25.1. The maximum absolute atomic E-state index is 13.7. The molecule has 5 rings (SSSR count). The van der Waals surface area contributed by atoms with Crippen molar-refractivity contribution in [2.45, 2.75) is 57.0 Å². The van der Waals surface area contributed by atoms with E-state index in [9.17, 15) is 14.7 Å². The second kappa shape index (κ2) is 9.75. The maximum Gasteiger partial charge on any atom is 0.255 e. The van der Waals surface area contributed by atoms with E-state index < -0.39 is 5.60 Å². The van der Waals surface area contributed by atoms with E-state index in [1.54, 1.807) is 23.2 Å². The van der Waals surface area contributed by atoms with Gasteiger partial charge in [0.2, 0.25) is 0 Å². The zero-order valence-electron chi connectivity index (χ0n) is 21.8. The number of hydrogen-bond acceptors (Lipinski definition) is 4. The van der Waals surface area contributed by atoms with Crippen LogP contribution < -0.4 is 5.32 Å². The number of nitrogens with one attached hydrogen (secondary N) is 1. The Morgan fingerprint density at radius 3 is 2.65 bits per heavy atom.